The number of nitrogens with one attached hydrogen (secondary N) is 1. The lowest BCUT2D eigenvalue weighted by atomic mass is 10.1. The summed E-state index contributed by atoms with van der Waals surface area (Å²) in [7, 11) is 1.53. The fourth-order valence-electron chi connectivity index (χ4n) is 2.17. The Labute approximate surface area is 144 Å². The first-order chi connectivity index (χ1) is 11.7. The van der Waals surface area contributed by atoms with Crippen LogP contribution >= 0.6 is 0 Å². The zero-order valence-corrected chi connectivity index (χ0v) is 14.5. The lowest BCUT2D eigenvalue weighted by molar-refractivity contribution is -0.138. The van der Waals surface area contributed by atoms with E-state index in [0.29, 0.717) is 18.0 Å². The van der Waals surface area contributed by atoms with Crippen LogP contribution in [0.5, 0.6) is 5.75 Å². The molecule has 1 rings (SSSR count). The first-order valence-corrected chi connectivity index (χ1v) is 8.46. The quantitative estimate of drug-likeness (QED) is 0.376. The number of anilines is 1. The summed E-state index contributed by atoms with van der Waals surface area (Å²) in [6, 6.07) is 7.07. The van der Waals surface area contributed by atoms with E-state index in [-0.39, 0.29) is 0 Å². The SMILES string of the molecule is CCCCCCCCOC(=O)/C=C/C(=O)Nc1ccccc1OC. The van der Waals surface area contributed by atoms with Gasteiger partial charge in [-0.25, -0.2) is 4.79 Å². The first kappa shape index (κ1) is 19.7. The fourth-order valence-corrected chi connectivity index (χ4v) is 2.17. The average Bonchev–Trinajstić information content (AvgIpc) is 2.59. The van der Waals surface area contributed by atoms with Crippen LogP contribution in [0, 0.1) is 0 Å². The number of esters is 1. The highest BCUT2D eigenvalue weighted by atomic mass is 16.5. The van der Waals surface area contributed by atoms with Crippen LogP contribution in [0.4, 0.5) is 5.69 Å². The second kappa shape index (κ2) is 12.2. The molecule has 5 heteroatoms. The van der Waals surface area contributed by atoms with E-state index in [4.69, 9.17) is 9.47 Å². The van der Waals surface area contributed by atoms with E-state index >= 15 is 0 Å². The van der Waals surface area contributed by atoms with Gasteiger partial charge in [-0.2, -0.15) is 0 Å². The molecule has 0 heterocycles. The molecule has 0 saturated carbocycles. The Bertz CT molecular complexity index is 540. The number of methoxy groups -OCH3 is 1. The van der Waals surface area contributed by atoms with Crippen molar-refractivity contribution in [2.24, 2.45) is 0 Å². The number of para-hydroxylation sites is 2. The zero-order valence-electron chi connectivity index (χ0n) is 14.5. The van der Waals surface area contributed by atoms with Gasteiger partial charge >= 0.3 is 5.97 Å². The maximum Gasteiger partial charge on any atom is 0.330 e. The summed E-state index contributed by atoms with van der Waals surface area (Å²) >= 11 is 0. The van der Waals surface area contributed by atoms with Crippen molar-refractivity contribution in [2.45, 2.75) is 45.4 Å². The van der Waals surface area contributed by atoms with Gasteiger partial charge in [0.05, 0.1) is 19.4 Å². The van der Waals surface area contributed by atoms with Crippen LogP contribution in [0.1, 0.15) is 45.4 Å². The van der Waals surface area contributed by atoms with Gasteiger partial charge in [0.2, 0.25) is 5.91 Å². The Hall–Kier alpha value is -2.30. The van der Waals surface area contributed by atoms with Gasteiger partial charge in [0.1, 0.15) is 5.75 Å². The van der Waals surface area contributed by atoms with Crippen molar-refractivity contribution in [1.29, 1.82) is 0 Å². The molecule has 0 aliphatic rings. The third kappa shape index (κ3) is 8.36. The first-order valence-electron chi connectivity index (χ1n) is 8.46. The molecule has 1 amide bonds. The second-order valence-electron chi connectivity index (χ2n) is 5.46. The minimum atomic E-state index is -0.501. The number of hydrogen-bond donors (Lipinski definition) is 1. The van der Waals surface area contributed by atoms with E-state index in [2.05, 4.69) is 12.2 Å². The molecule has 0 saturated heterocycles. The van der Waals surface area contributed by atoms with E-state index in [0.717, 1.165) is 25.0 Å². The van der Waals surface area contributed by atoms with E-state index in [9.17, 15) is 9.59 Å². The summed E-state index contributed by atoms with van der Waals surface area (Å²) in [6.45, 7) is 2.57. The van der Waals surface area contributed by atoms with Crippen molar-refractivity contribution in [1.82, 2.24) is 0 Å². The Morgan fingerprint density at radius 2 is 1.75 bits per heavy atom. The number of carbonyl (C=O) groups is 2. The number of rotatable bonds is 11. The Morgan fingerprint density at radius 1 is 1.04 bits per heavy atom. The molecule has 0 bridgehead atoms. The Kier molecular flexibility index (Phi) is 10.0. The van der Waals surface area contributed by atoms with Crippen molar-refractivity contribution in [3.8, 4) is 5.75 Å². The van der Waals surface area contributed by atoms with Crippen LogP contribution in [0.3, 0.4) is 0 Å². The summed E-state index contributed by atoms with van der Waals surface area (Å²) in [5, 5.41) is 2.65. The highest BCUT2D eigenvalue weighted by Crippen LogP contribution is 2.22. The topological polar surface area (TPSA) is 64.6 Å². The number of ether oxygens (including phenoxy) is 2. The van der Waals surface area contributed by atoms with Gasteiger partial charge in [0.15, 0.2) is 0 Å². The number of unbranched alkanes of at least 4 members (excludes halogenated alkanes) is 5. The lowest BCUT2D eigenvalue weighted by Crippen LogP contribution is -2.10. The largest absolute Gasteiger partial charge is 0.495 e. The standard InChI is InChI=1S/C19H27NO4/c1-3-4-5-6-7-10-15-24-19(22)14-13-18(21)20-16-11-8-9-12-17(16)23-2/h8-9,11-14H,3-7,10,15H2,1-2H3,(H,20,21)/b14-13+. The fraction of sp³-hybridized carbons (Fsp3) is 0.474. The van der Waals surface area contributed by atoms with Crippen molar-refractivity contribution in [3.05, 3.63) is 36.4 Å². The molecule has 1 N–H and O–H groups in total. The monoisotopic (exact) mass is 333 g/mol. The molecule has 0 fully saturated rings. The van der Waals surface area contributed by atoms with Gasteiger partial charge in [0.25, 0.3) is 0 Å². The van der Waals surface area contributed by atoms with Crippen LogP contribution < -0.4 is 10.1 Å². The molecule has 0 spiro atoms. The van der Waals surface area contributed by atoms with Gasteiger partial charge in [-0.1, -0.05) is 51.2 Å². The van der Waals surface area contributed by atoms with Gasteiger partial charge in [0, 0.05) is 12.2 Å². The maximum absolute atomic E-state index is 11.8. The smallest absolute Gasteiger partial charge is 0.330 e. The third-order valence-corrected chi connectivity index (χ3v) is 3.48. The van der Waals surface area contributed by atoms with Gasteiger partial charge in [-0.15, -0.1) is 0 Å². The highest BCUT2D eigenvalue weighted by Gasteiger charge is 2.05. The zero-order chi connectivity index (χ0) is 17.6. The molecular weight excluding hydrogens is 306 g/mol. The summed E-state index contributed by atoms with van der Waals surface area (Å²) in [4.78, 5) is 23.3. The summed E-state index contributed by atoms with van der Waals surface area (Å²) < 4.78 is 10.2. The molecular formula is C19H27NO4. The van der Waals surface area contributed by atoms with Crippen molar-refractivity contribution in [3.63, 3.8) is 0 Å². The van der Waals surface area contributed by atoms with Crippen molar-refractivity contribution >= 4 is 17.6 Å². The van der Waals surface area contributed by atoms with Crippen LogP contribution in [0.2, 0.25) is 0 Å². The highest BCUT2D eigenvalue weighted by molar-refractivity contribution is 6.03. The summed E-state index contributed by atoms with van der Waals surface area (Å²) in [5.41, 5.74) is 0.551. The summed E-state index contributed by atoms with van der Waals surface area (Å²) in [5.74, 6) is -0.348. The minimum Gasteiger partial charge on any atom is -0.495 e. The Morgan fingerprint density at radius 3 is 2.50 bits per heavy atom. The third-order valence-electron chi connectivity index (χ3n) is 3.48. The molecule has 0 radical (unpaired) electrons. The molecule has 5 nitrogen and oxygen atoms in total. The molecule has 132 valence electrons. The van der Waals surface area contributed by atoms with Gasteiger partial charge in [-0.05, 0) is 18.6 Å². The average molecular weight is 333 g/mol. The van der Waals surface area contributed by atoms with E-state index in [1.807, 2.05) is 6.07 Å². The van der Waals surface area contributed by atoms with Crippen LogP contribution in [-0.4, -0.2) is 25.6 Å². The minimum absolute atomic E-state index is 0.392. The lowest BCUT2D eigenvalue weighted by Gasteiger charge is -2.07. The van der Waals surface area contributed by atoms with Crippen LogP contribution in [0.15, 0.2) is 36.4 Å². The molecule has 0 aliphatic carbocycles. The maximum atomic E-state index is 11.8. The predicted octanol–water partition coefficient (Wildman–Crippen LogP) is 4.09. The molecule has 0 aliphatic heterocycles. The predicted molar refractivity (Wildman–Crippen MR) is 95.1 cm³/mol. The molecule has 1 aromatic rings. The van der Waals surface area contributed by atoms with Crippen molar-refractivity contribution < 1.29 is 19.1 Å². The normalized spacial score (nSPS) is 10.6. The van der Waals surface area contributed by atoms with Crippen molar-refractivity contribution in [2.75, 3.05) is 19.0 Å². The molecule has 0 atom stereocenters. The molecule has 24 heavy (non-hydrogen) atoms. The van der Waals surface area contributed by atoms with Gasteiger partial charge in [-0.3, -0.25) is 4.79 Å². The number of hydrogen-bond acceptors (Lipinski definition) is 4. The number of benzene rings is 1. The summed E-state index contributed by atoms with van der Waals surface area (Å²) in [6.07, 6.45) is 9.09. The second-order valence-corrected chi connectivity index (χ2v) is 5.46. The van der Waals surface area contributed by atoms with E-state index < -0.39 is 11.9 Å². The van der Waals surface area contributed by atoms with Crippen LogP contribution in [0.25, 0.3) is 0 Å². The van der Waals surface area contributed by atoms with E-state index in [1.165, 1.54) is 32.8 Å². The Balaban J connectivity index is 2.24. The molecule has 0 unspecified atom stereocenters. The molecule has 0 aromatic heterocycles. The van der Waals surface area contributed by atoms with Gasteiger partial charge < -0.3 is 14.8 Å². The molecule has 1 aromatic carbocycles. The van der Waals surface area contributed by atoms with Crippen LogP contribution in [-0.2, 0) is 14.3 Å². The number of amides is 1. The van der Waals surface area contributed by atoms with E-state index in [1.54, 1.807) is 18.2 Å². The number of carbonyl (C=O) groups excluding carboxylic acids is 2.